The molecule has 1 N–H and O–H groups in total. The van der Waals surface area contributed by atoms with Crippen LogP contribution in [0, 0.1) is 0 Å². The second-order valence-electron chi connectivity index (χ2n) is 6.40. The molecule has 3 aromatic rings. The summed E-state index contributed by atoms with van der Waals surface area (Å²) < 4.78 is 34.3. The fraction of sp³-hybridized carbons (Fsp3) is 0.300. The van der Waals surface area contributed by atoms with E-state index in [-0.39, 0.29) is 25.1 Å². The fourth-order valence-corrected chi connectivity index (χ4v) is 4.63. The van der Waals surface area contributed by atoms with Crippen LogP contribution in [0.25, 0.3) is 21.5 Å². The minimum absolute atomic E-state index is 0.0511. The first-order chi connectivity index (χ1) is 13.2. The summed E-state index contributed by atoms with van der Waals surface area (Å²) in [5.74, 6) is -3.64. The molecule has 0 unspecified atom stereocenters. The average Bonchev–Trinajstić information content (AvgIpc) is 2.98. The van der Waals surface area contributed by atoms with E-state index in [4.69, 9.17) is 4.74 Å². The minimum Gasteiger partial charge on any atom is -0.494 e. The van der Waals surface area contributed by atoms with Crippen molar-refractivity contribution in [2.75, 3.05) is 6.61 Å². The van der Waals surface area contributed by atoms with Gasteiger partial charge in [-0.1, -0.05) is 13.3 Å². The quantitative estimate of drug-likeness (QED) is 0.390. The van der Waals surface area contributed by atoms with Gasteiger partial charge in [0.1, 0.15) is 15.5 Å². The molecule has 2 heterocycles. The van der Waals surface area contributed by atoms with Crippen LogP contribution in [-0.4, -0.2) is 22.7 Å². The molecule has 0 saturated heterocycles. The number of halogens is 3. The van der Waals surface area contributed by atoms with Crippen molar-refractivity contribution in [3.63, 3.8) is 0 Å². The number of alkyl halides is 2. The van der Waals surface area contributed by atoms with Crippen LogP contribution in [0.1, 0.15) is 41.9 Å². The molecule has 0 aliphatic rings. The third-order valence-electron chi connectivity index (χ3n) is 4.19. The smallest absolute Gasteiger partial charge is 0.347 e. The Morgan fingerprint density at radius 1 is 1.32 bits per heavy atom. The van der Waals surface area contributed by atoms with Gasteiger partial charge in [-0.25, -0.2) is 18.6 Å². The second-order valence-corrected chi connectivity index (χ2v) is 8.19. The van der Waals surface area contributed by atoms with Crippen LogP contribution in [-0.2, 0) is 5.92 Å². The Bertz CT molecular complexity index is 1010. The van der Waals surface area contributed by atoms with E-state index < -0.39 is 11.9 Å². The molecule has 0 aliphatic heterocycles. The van der Waals surface area contributed by atoms with E-state index >= 15 is 0 Å². The topological polar surface area (TPSA) is 59.4 Å². The maximum Gasteiger partial charge on any atom is 0.347 e. The lowest BCUT2D eigenvalue weighted by Crippen LogP contribution is -2.08. The molecule has 3 rings (SSSR count). The average molecular weight is 470 g/mol. The van der Waals surface area contributed by atoms with Crippen molar-refractivity contribution in [2.45, 2.75) is 32.6 Å². The van der Waals surface area contributed by atoms with E-state index in [2.05, 4.69) is 27.8 Å². The van der Waals surface area contributed by atoms with Gasteiger partial charge in [-0.15, -0.1) is 11.3 Å². The molecule has 0 bridgehead atoms. The molecule has 0 amide bonds. The number of aromatic carboxylic acids is 1. The summed E-state index contributed by atoms with van der Waals surface area (Å²) in [4.78, 5) is 16.0. The number of hydrogen-bond donors (Lipinski definition) is 1. The highest BCUT2D eigenvalue weighted by Gasteiger charge is 2.31. The number of pyridine rings is 1. The number of carboxylic acids is 1. The molecule has 4 nitrogen and oxygen atoms in total. The molecule has 0 atom stereocenters. The highest BCUT2D eigenvalue weighted by atomic mass is 79.9. The molecule has 8 heteroatoms. The number of fused-ring (bicyclic) bond motifs is 1. The van der Waals surface area contributed by atoms with Crippen LogP contribution in [0.4, 0.5) is 8.78 Å². The van der Waals surface area contributed by atoms with E-state index in [0.29, 0.717) is 23.6 Å². The van der Waals surface area contributed by atoms with E-state index in [1.54, 1.807) is 24.3 Å². The summed E-state index contributed by atoms with van der Waals surface area (Å²) >= 11 is 4.03. The van der Waals surface area contributed by atoms with Crippen molar-refractivity contribution in [1.82, 2.24) is 4.98 Å². The van der Waals surface area contributed by atoms with Gasteiger partial charge in [0.2, 0.25) is 0 Å². The molecule has 1 aromatic carbocycles. The van der Waals surface area contributed by atoms with Gasteiger partial charge in [0.15, 0.2) is 0 Å². The summed E-state index contributed by atoms with van der Waals surface area (Å²) in [6.45, 7) is 3.49. The zero-order valence-electron chi connectivity index (χ0n) is 15.3. The van der Waals surface area contributed by atoms with E-state index in [0.717, 1.165) is 31.1 Å². The van der Waals surface area contributed by atoms with Gasteiger partial charge < -0.3 is 9.84 Å². The standard InChI is InChI=1S/C20H18BrF2NO3S/c1-3-4-9-27-12-7-5-11(6-8-12)14-10-13(20(2,22)23)15-16(21)17(19(25)26)28-18(15)24-14/h5-8,10H,3-4,9H2,1-2H3,(H,25,26). The van der Waals surface area contributed by atoms with Crippen molar-refractivity contribution in [3.05, 3.63) is 45.2 Å². The highest BCUT2D eigenvalue weighted by molar-refractivity contribution is 9.10. The fourth-order valence-electron chi connectivity index (χ4n) is 2.75. The lowest BCUT2D eigenvalue weighted by molar-refractivity contribution is 0.0190. The van der Waals surface area contributed by atoms with Gasteiger partial charge in [-0.3, -0.25) is 0 Å². The molecule has 0 aliphatic carbocycles. The Labute approximate surface area is 173 Å². The van der Waals surface area contributed by atoms with Gasteiger partial charge in [0.05, 0.1) is 16.8 Å². The Hall–Kier alpha value is -2.06. The van der Waals surface area contributed by atoms with Crippen LogP contribution >= 0.6 is 27.3 Å². The lowest BCUT2D eigenvalue weighted by atomic mass is 10.0. The van der Waals surface area contributed by atoms with Crippen LogP contribution in [0.2, 0.25) is 0 Å². The Morgan fingerprint density at radius 3 is 2.57 bits per heavy atom. The van der Waals surface area contributed by atoms with Crippen molar-refractivity contribution >= 4 is 43.5 Å². The summed E-state index contributed by atoms with van der Waals surface area (Å²) in [5.41, 5.74) is 0.748. The van der Waals surface area contributed by atoms with Crippen molar-refractivity contribution < 1.29 is 23.4 Å². The number of unbranched alkanes of at least 4 members (excludes halogenated alkanes) is 1. The van der Waals surface area contributed by atoms with Crippen LogP contribution in [0.5, 0.6) is 5.75 Å². The zero-order valence-corrected chi connectivity index (χ0v) is 17.7. The number of carbonyl (C=O) groups is 1. The summed E-state index contributed by atoms with van der Waals surface area (Å²) in [5, 5.41) is 9.45. The first-order valence-electron chi connectivity index (χ1n) is 8.70. The number of benzene rings is 1. The molecule has 0 spiro atoms. The van der Waals surface area contributed by atoms with Gasteiger partial charge in [-0.05, 0) is 52.7 Å². The third-order valence-corrected chi connectivity index (χ3v) is 6.31. The predicted octanol–water partition coefficient (Wildman–Crippen LogP) is 6.71. The maximum absolute atomic E-state index is 14.3. The van der Waals surface area contributed by atoms with Gasteiger partial charge in [-0.2, -0.15) is 0 Å². The predicted molar refractivity (Wildman–Crippen MR) is 110 cm³/mol. The Balaban J connectivity index is 2.08. The molecule has 0 radical (unpaired) electrons. The second kappa shape index (κ2) is 8.13. The normalized spacial score (nSPS) is 11.8. The van der Waals surface area contributed by atoms with Crippen molar-refractivity contribution in [3.8, 4) is 17.0 Å². The zero-order chi connectivity index (χ0) is 20.5. The van der Waals surface area contributed by atoms with Crippen LogP contribution < -0.4 is 4.74 Å². The van der Waals surface area contributed by atoms with E-state index in [1.165, 1.54) is 6.07 Å². The number of nitrogens with zero attached hydrogens (tertiary/aromatic N) is 1. The third kappa shape index (κ3) is 4.17. The molecule has 148 valence electrons. The largest absolute Gasteiger partial charge is 0.494 e. The Kier molecular flexibility index (Phi) is 6.00. The highest BCUT2D eigenvalue weighted by Crippen LogP contribution is 2.43. The lowest BCUT2D eigenvalue weighted by Gasteiger charge is -2.14. The SMILES string of the molecule is CCCCOc1ccc(-c2cc(C(C)(F)F)c3c(Br)c(C(=O)O)sc3n2)cc1. The first-order valence-corrected chi connectivity index (χ1v) is 10.3. The Morgan fingerprint density at radius 2 is 2.00 bits per heavy atom. The van der Waals surface area contributed by atoms with Crippen molar-refractivity contribution in [1.29, 1.82) is 0 Å². The summed E-state index contributed by atoms with van der Waals surface area (Å²) in [6.07, 6.45) is 1.98. The number of ether oxygens (including phenoxy) is 1. The maximum atomic E-state index is 14.3. The summed E-state index contributed by atoms with van der Waals surface area (Å²) in [7, 11) is 0. The number of carboxylic acid groups (broad SMARTS) is 1. The monoisotopic (exact) mass is 469 g/mol. The van der Waals surface area contributed by atoms with E-state index in [9.17, 15) is 18.7 Å². The number of rotatable bonds is 7. The minimum atomic E-state index is -3.15. The number of hydrogen-bond acceptors (Lipinski definition) is 4. The van der Waals surface area contributed by atoms with Crippen LogP contribution in [0.15, 0.2) is 34.8 Å². The summed E-state index contributed by atoms with van der Waals surface area (Å²) in [6, 6.07) is 8.38. The van der Waals surface area contributed by atoms with Crippen LogP contribution in [0.3, 0.4) is 0 Å². The number of thiophene rings is 1. The van der Waals surface area contributed by atoms with Gasteiger partial charge >= 0.3 is 5.97 Å². The van der Waals surface area contributed by atoms with E-state index in [1.807, 2.05) is 0 Å². The van der Waals surface area contributed by atoms with Gasteiger partial charge in [0.25, 0.3) is 5.92 Å². The van der Waals surface area contributed by atoms with Crippen molar-refractivity contribution in [2.24, 2.45) is 0 Å². The molecular weight excluding hydrogens is 452 g/mol. The molecule has 28 heavy (non-hydrogen) atoms. The number of aromatic nitrogens is 1. The first kappa shape index (κ1) is 20.7. The molecular formula is C20H18BrF2NO3S. The molecule has 2 aromatic heterocycles. The molecule has 0 saturated carbocycles. The van der Waals surface area contributed by atoms with Gasteiger partial charge in [0, 0.05) is 23.4 Å². The molecule has 0 fully saturated rings.